The molecule has 0 radical (unpaired) electrons. The SMILES string of the molecule is CO[C@@H]1CN(C(C)(C)C)C[C@H]1F. The molecule has 3 heteroatoms. The van der Waals surface area contributed by atoms with Crippen molar-refractivity contribution in [2.75, 3.05) is 20.2 Å². The van der Waals surface area contributed by atoms with E-state index in [9.17, 15) is 4.39 Å². The summed E-state index contributed by atoms with van der Waals surface area (Å²) in [6, 6.07) is 0. The highest BCUT2D eigenvalue weighted by atomic mass is 19.1. The van der Waals surface area contributed by atoms with Gasteiger partial charge in [-0.05, 0) is 20.8 Å². The van der Waals surface area contributed by atoms with E-state index in [0.717, 1.165) is 0 Å². The first kappa shape index (κ1) is 9.93. The van der Waals surface area contributed by atoms with Gasteiger partial charge in [-0.2, -0.15) is 0 Å². The Balaban J connectivity index is 2.54. The van der Waals surface area contributed by atoms with Gasteiger partial charge in [0.2, 0.25) is 0 Å². The van der Waals surface area contributed by atoms with Crippen LogP contribution in [-0.2, 0) is 4.74 Å². The Labute approximate surface area is 73.7 Å². The lowest BCUT2D eigenvalue weighted by Gasteiger charge is -2.31. The number of ether oxygens (including phenoxy) is 1. The Morgan fingerprint density at radius 3 is 2.17 bits per heavy atom. The van der Waals surface area contributed by atoms with Crippen molar-refractivity contribution < 1.29 is 9.13 Å². The number of likely N-dealkylation sites (tertiary alicyclic amines) is 1. The zero-order chi connectivity index (χ0) is 9.35. The summed E-state index contributed by atoms with van der Waals surface area (Å²) in [5.41, 5.74) is 0.0532. The van der Waals surface area contributed by atoms with Crippen LogP contribution in [0.2, 0.25) is 0 Å². The van der Waals surface area contributed by atoms with Gasteiger partial charge in [0.05, 0.1) is 0 Å². The van der Waals surface area contributed by atoms with Gasteiger partial charge in [0.1, 0.15) is 12.3 Å². The average Bonchev–Trinajstić information content (AvgIpc) is 2.29. The molecular formula is C9H18FNO. The third kappa shape index (κ3) is 1.96. The quantitative estimate of drug-likeness (QED) is 0.598. The molecule has 1 heterocycles. The van der Waals surface area contributed by atoms with E-state index in [0.29, 0.717) is 13.1 Å². The van der Waals surface area contributed by atoms with Crippen LogP contribution in [0.5, 0.6) is 0 Å². The number of hydrogen-bond acceptors (Lipinski definition) is 2. The van der Waals surface area contributed by atoms with Crippen molar-refractivity contribution >= 4 is 0 Å². The number of alkyl halides is 1. The smallest absolute Gasteiger partial charge is 0.140 e. The van der Waals surface area contributed by atoms with E-state index in [4.69, 9.17) is 4.74 Å². The summed E-state index contributed by atoms with van der Waals surface area (Å²) in [5.74, 6) is 0. The summed E-state index contributed by atoms with van der Waals surface area (Å²) >= 11 is 0. The van der Waals surface area contributed by atoms with Gasteiger partial charge in [0.15, 0.2) is 0 Å². The second-order valence-electron chi connectivity index (χ2n) is 4.37. The van der Waals surface area contributed by atoms with Crippen molar-refractivity contribution in [3.05, 3.63) is 0 Å². The van der Waals surface area contributed by atoms with Gasteiger partial charge in [-0.25, -0.2) is 4.39 Å². The van der Waals surface area contributed by atoms with E-state index < -0.39 is 6.17 Å². The number of nitrogens with zero attached hydrogens (tertiary/aromatic N) is 1. The standard InChI is InChI=1S/C9H18FNO/c1-9(2,3)11-5-7(10)8(6-11)12-4/h7-8H,5-6H2,1-4H3/t7-,8-/m1/s1. The molecule has 0 aromatic carbocycles. The average molecular weight is 175 g/mol. The van der Waals surface area contributed by atoms with E-state index in [1.54, 1.807) is 7.11 Å². The van der Waals surface area contributed by atoms with Crippen molar-refractivity contribution in [3.63, 3.8) is 0 Å². The maximum Gasteiger partial charge on any atom is 0.140 e. The van der Waals surface area contributed by atoms with Crippen molar-refractivity contribution in [1.82, 2.24) is 4.90 Å². The molecule has 2 nitrogen and oxygen atoms in total. The predicted octanol–water partition coefficient (Wildman–Crippen LogP) is 1.45. The summed E-state index contributed by atoms with van der Waals surface area (Å²) in [5, 5.41) is 0. The van der Waals surface area contributed by atoms with Gasteiger partial charge in [-0.1, -0.05) is 0 Å². The fraction of sp³-hybridized carbons (Fsp3) is 1.00. The van der Waals surface area contributed by atoms with Gasteiger partial charge in [0, 0.05) is 25.7 Å². The van der Waals surface area contributed by atoms with Crippen LogP contribution in [0.4, 0.5) is 4.39 Å². The minimum atomic E-state index is -0.825. The van der Waals surface area contributed by atoms with Crippen LogP contribution in [0.25, 0.3) is 0 Å². The maximum atomic E-state index is 13.2. The number of methoxy groups -OCH3 is 1. The maximum absolute atomic E-state index is 13.2. The molecular weight excluding hydrogens is 157 g/mol. The van der Waals surface area contributed by atoms with Gasteiger partial charge < -0.3 is 4.74 Å². The third-order valence-corrected chi connectivity index (χ3v) is 2.45. The highest BCUT2D eigenvalue weighted by Gasteiger charge is 2.37. The second kappa shape index (κ2) is 3.30. The Bertz CT molecular complexity index is 155. The Morgan fingerprint density at radius 1 is 1.33 bits per heavy atom. The first-order valence-corrected chi connectivity index (χ1v) is 4.37. The van der Waals surface area contributed by atoms with Crippen molar-refractivity contribution in [1.29, 1.82) is 0 Å². The monoisotopic (exact) mass is 175 g/mol. The lowest BCUT2D eigenvalue weighted by Crippen LogP contribution is -2.40. The number of rotatable bonds is 1. The Morgan fingerprint density at radius 2 is 1.92 bits per heavy atom. The first-order valence-electron chi connectivity index (χ1n) is 4.37. The van der Waals surface area contributed by atoms with Gasteiger partial charge in [-0.3, -0.25) is 4.90 Å². The molecule has 1 fully saturated rings. The lowest BCUT2D eigenvalue weighted by atomic mass is 10.1. The minimum absolute atomic E-state index is 0.0532. The topological polar surface area (TPSA) is 12.5 Å². The van der Waals surface area contributed by atoms with Crippen molar-refractivity contribution in [2.45, 2.75) is 38.6 Å². The van der Waals surface area contributed by atoms with Crippen LogP contribution in [0, 0.1) is 0 Å². The van der Waals surface area contributed by atoms with E-state index in [2.05, 4.69) is 25.7 Å². The summed E-state index contributed by atoms with van der Waals surface area (Å²) in [4.78, 5) is 2.12. The third-order valence-electron chi connectivity index (χ3n) is 2.45. The van der Waals surface area contributed by atoms with Gasteiger partial charge in [-0.15, -0.1) is 0 Å². The zero-order valence-corrected chi connectivity index (χ0v) is 8.30. The molecule has 0 spiro atoms. The molecule has 12 heavy (non-hydrogen) atoms. The molecule has 1 aliphatic rings. The first-order chi connectivity index (χ1) is 5.45. The molecule has 2 atom stereocenters. The van der Waals surface area contributed by atoms with Gasteiger partial charge in [0.25, 0.3) is 0 Å². The molecule has 0 N–H and O–H groups in total. The Kier molecular flexibility index (Phi) is 2.74. The molecule has 0 saturated carbocycles. The molecule has 0 amide bonds. The van der Waals surface area contributed by atoms with Crippen LogP contribution in [0.1, 0.15) is 20.8 Å². The molecule has 1 rings (SSSR count). The van der Waals surface area contributed by atoms with Crippen LogP contribution in [0.3, 0.4) is 0 Å². The van der Waals surface area contributed by atoms with Crippen LogP contribution in [0.15, 0.2) is 0 Å². The summed E-state index contributed by atoms with van der Waals surface area (Å²) in [6.07, 6.45) is -1.06. The van der Waals surface area contributed by atoms with E-state index in [-0.39, 0.29) is 11.6 Å². The zero-order valence-electron chi connectivity index (χ0n) is 8.30. The van der Waals surface area contributed by atoms with Crippen LogP contribution >= 0.6 is 0 Å². The molecule has 0 aliphatic carbocycles. The summed E-state index contributed by atoms with van der Waals surface area (Å²) in [6.45, 7) is 7.50. The highest BCUT2D eigenvalue weighted by Crippen LogP contribution is 2.23. The highest BCUT2D eigenvalue weighted by molar-refractivity contribution is 4.90. The summed E-state index contributed by atoms with van der Waals surface area (Å²) < 4.78 is 18.2. The Hall–Kier alpha value is -0.150. The summed E-state index contributed by atoms with van der Waals surface area (Å²) in [7, 11) is 1.57. The van der Waals surface area contributed by atoms with Crippen molar-refractivity contribution in [2.24, 2.45) is 0 Å². The molecule has 0 bridgehead atoms. The molecule has 1 aliphatic heterocycles. The van der Waals surface area contributed by atoms with Crippen LogP contribution in [-0.4, -0.2) is 42.9 Å². The number of hydrogen-bond donors (Lipinski definition) is 0. The number of halogens is 1. The van der Waals surface area contributed by atoms with Crippen molar-refractivity contribution in [3.8, 4) is 0 Å². The minimum Gasteiger partial charge on any atom is -0.377 e. The van der Waals surface area contributed by atoms with E-state index >= 15 is 0 Å². The molecule has 0 aromatic rings. The predicted molar refractivity (Wildman–Crippen MR) is 47.0 cm³/mol. The fourth-order valence-corrected chi connectivity index (χ4v) is 1.50. The second-order valence-corrected chi connectivity index (χ2v) is 4.37. The largest absolute Gasteiger partial charge is 0.377 e. The van der Waals surface area contributed by atoms with E-state index in [1.807, 2.05) is 0 Å². The fourth-order valence-electron chi connectivity index (χ4n) is 1.50. The molecule has 0 unspecified atom stereocenters. The van der Waals surface area contributed by atoms with Gasteiger partial charge >= 0.3 is 0 Å². The molecule has 0 aromatic heterocycles. The van der Waals surface area contributed by atoms with Crippen LogP contribution < -0.4 is 0 Å². The molecule has 1 saturated heterocycles. The molecule has 72 valence electrons. The van der Waals surface area contributed by atoms with E-state index in [1.165, 1.54) is 0 Å². The lowest BCUT2D eigenvalue weighted by molar-refractivity contribution is 0.0585. The normalized spacial score (nSPS) is 32.8.